The van der Waals surface area contributed by atoms with Crippen LogP contribution < -0.4 is 10.1 Å². The molecule has 0 atom stereocenters. The highest BCUT2D eigenvalue weighted by Gasteiger charge is 2.22. The second-order valence-electron chi connectivity index (χ2n) is 9.71. The molecule has 11 nitrogen and oxygen atoms in total. The highest BCUT2D eigenvalue weighted by atomic mass is 16.6. The van der Waals surface area contributed by atoms with Gasteiger partial charge in [0.05, 0.1) is 43.6 Å². The average Bonchev–Trinajstić information content (AvgIpc) is 3.43. The fourth-order valence-corrected chi connectivity index (χ4v) is 4.21. The number of fused-ring (bicyclic) bond motifs is 2. The molecule has 5 rings (SSSR count). The second-order valence-corrected chi connectivity index (χ2v) is 9.71. The molecule has 0 spiro atoms. The number of aliphatic hydroxyl groups is 1. The number of aromatic amines is 1. The number of ether oxygens (including phenoxy) is 2. The van der Waals surface area contributed by atoms with E-state index in [4.69, 9.17) is 19.6 Å². The van der Waals surface area contributed by atoms with Gasteiger partial charge in [0.25, 0.3) is 0 Å². The summed E-state index contributed by atoms with van der Waals surface area (Å²) in [6.07, 6.45) is 2.53. The SMILES string of the molecule is Cc1ccc2c(-c3cnc4[nH]cc(OC(=O)NC(C)(C)CO)c4n3)nn(CCN3CCOCC3)c2c1. The van der Waals surface area contributed by atoms with E-state index in [0.717, 1.165) is 61.6 Å². The molecule has 1 amide bonds. The molecule has 11 heteroatoms. The van der Waals surface area contributed by atoms with Gasteiger partial charge in [0.1, 0.15) is 11.4 Å². The number of benzene rings is 1. The predicted octanol–water partition coefficient (Wildman–Crippen LogP) is 2.47. The summed E-state index contributed by atoms with van der Waals surface area (Å²) in [5.41, 5.74) is 3.60. The Labute approximate surface area is 208 Å². The van der Waals surface area contributed by atoms with E-state index in [-0.39, 0.29) is 12.4 Å². The molecular formula is C25H31N7O4. The summed E-state index contributed by atoms with van der Waals surface area (Å²) < 4.78 is 13.0. The van der Waals surface area contributed by atoms with Crippen LogP contribution in [-0.2, 0) is 11.3 Å². The van der Waals surface area contributed by atoms with Gasteiger partial charge in [0.2, 0.25) is 0 Å². The van der Waals surface area contributed by atoms with Gasteiger partial charge in [0, 0.05) is 31.2 Å². The van der Waals surface area contributed by atoms with Gasteiger partial charge in [-0.05, 0) is 32.4 Å². The lowest BCUT2D eigenvalue weighted by atomic mass is 10.1. The monoisotopic (exact) mass is 493 g/mol. The Morgan fingerprint density at radius 2 is 2.08 bits per heavy atom. The van der Waals surface area contributed by atoms with Crippen molar-refractivity contribution in [3.05, 3.63) is 36.2 Å². The molecule has 0 bridgehead atoms. The van der Waals surface area contributed by atoms with E-state index in [1.807, 2.05) is 4.68 Å². The summed E-state index contributed by atoms with van der Waals surface area (Å²) >= 11 is 0. The van der Waals surface area contributed by atoms with Crippen LogP contribution in [0.15, 0.2) is 30.6 Å². The largest absolute Gasteiger partial charge is 0.413 e. The third-order valence-electron chi connectivity index (χ3n) is 6.27. The molecule has 36 heavy (non-hydrogen) atoms. The molecule has 0 saturated carbocycles. The molecular weight excluding hydrogens is 462 g/mol. The van der Waals surface area contributed by atoms with Crippen molar-refractivity contribution < 1.29 is 19.4 Å². The van der Waals surface area contributed by atoms with E-state index in [2.05, 4.69) is 45.3 Å². The van der Waals surface area contributed by atoms with Crippen LogP contribution in [0.1, 0.15) is 19.4 Å². The molecule has 190 valence electrons. The number of morpholine rings is 1. The lowest BCUT2D eigenvalue weighted by Crippen LogP contribution is -2.47. The summed E-state index contributed by atoms with van der Waals surface area (Å²) in [5.74, 6) is 0.248. The topological polar surface area (TPSA) is 130 Å². The Kier molecular flexibility index (Phi) is 6.61. The van der Waals surface area contributed by atoms with Gasteiger partial charge >= 0.3 is 6.09 Å². The zero-order chi connectivity index (χ0) is 25.3. The third-order valence-corrected chi connectivity index (χ3v) is 6.27. The number of hydrogen-bond donors (Lipinski definition) is 3. The minimum Gasteiger partial charge on any atom is -0.406 e. The van der Waals surface area contributed by atoms with E-state index in [1.165, 1.54) is 0 Å². The first kappa shape index (κ1) is 24.2. The fraction of sp³-hybridized carbons (Fsp3) is 0.440. The molecule has 4 heterocycles. The number of carbonyl (C=O) groups excluding carboxylic acids is 1. The third kappa shape index (κ3) is 5.03. The number of nitrogens with zero attached hydrogens (tertiary/aromatic N) is 5. The smallest absolute Gasteiger partial charge is 0.406 e. The first-order chi connectivity index (χ1) is 17.3. The predicted molar refractivity (Wildman–Crippen MR) is 135 cm³/mol. The number of hydrogen-bond acceptors (Lipinski definition) is 8. The summed E-state index contributed by atoms with van der Waals surface area (Å²) in [6, 6.07) is 6.25. The number of rotatable bonds is 7. The lowest BCUT2D eigenvalue weighted by Gasteiger charge is -2.26. The average molecular weight is 494 g/mol. The molecule has 1 fully saturated rings. The lowest BCUT2D eigenvalue weighted by molar-refractivity contribution is 0.0361. The highest BCUT2D eigenvalue weighted by Crippen LogP contribution is 2.30. The van der Waals surface area contributed by atoms with Crippen molar-refractivity contribution in [3.63, 3.8) is 0 Å². The van der Waals surface area contributed by atoms with Gasteiger partial charge in [-0.3, -0.25) is 9.58 Å². The number of aryl methyl sites for hydroxylation is 1. The normalized spacial score (nSPS) is 15.0. The van der Waals surface area contributed by atoms with Crippen molar-refractivity contribution in [3.8, 4) is 17.1 Å². The fourth-order valence-electron chi connectivity index (χ4n) is 4.21. The van der Waals surface area contributed by atoms with Gasteiger partial charge in [-0.25, -0.2) is 14.8 Å². The Balaban J connectivity index is 1.46. The molecule has 4 aromatic rings. The Morgan fingerprint density at radius 3 is 2.86 bits per heavy atom. The van der Waals surface area contributed by atoms with Crippen molar-refractivity contribution in [2.75, 3.05) is 39.5 Å². The zero-order valence-corrected chi connectivity index (χ0v) is 20.7. The maximum atomic E-state index is 12.4. The van der Waals surface area contributed by atoms with E-state index in [9.17, 15) is 9.90 Å². The molecule has 3 aromatic heterocycles. The highest BCUT2D eigenvalue weighted by molar-refractivity contribution is 5.94. The molecule has 0 aliphatic carbocycles. The molecule has 1 aliphatic rings. The maximum absolute atomic E-state index is 12.4. The first-order valence-electron chi connectivity index (χ1n) is 12.1. The molecule has 0 unspecified atom stereocenters. The van der Waals surface area contributed by atoms with Crippen molar-refractivity contribution in [1.29, 1.82) is 0 Å². The number of aliphatic hydroxyl groups excluding tert-OH is 1. The van der Waals surface area contributed by atoms with Crippen molar-refractivity contribution in [1.82, 2.24) is 34.9 Å². The van der Waals surface area contributed by atoms with Crippen LogP contribution in [0, 0.1) is 6.92 Å². The number of amides is 1. The Morgan fingerprint density at radius 1 is 1.28 bits per heavy atom. The van der Waals surface area contributed by atoms with E-state index in [0.29, 0.717) is 16.9 Å². The summed E-state index contributed by atoms with van der Waals surface area (Å²) in [7, 11) is 0. The molecule has 0 radical (unpaired) electrons. The molecule has 1 aromatic carbocycles. The van der Waals surface area contributed by atoms with E-state index in [1.54, 1.807) is 26.2 Å². The van der Waals surface area contributed by atoms with E-state index >= 15 is 0 Å². The molecule has 1 aliphatic heterocycles. The Hall–Kier alpha value is -3.54. The van der Waals surface area contributed by atoms with Gasteiger partial charge in [0.15, 0.2) is 16.9 Å². The molecule has 1 saturated heterocycles. The maximum Gasteiger partial charge on any atom is 0.413 e. The zero-order valence-electron chi connectivity index (χ0n) is 20.7. The minimum atomic E-state index is -0.814. The number of H-pyrrole nitrogens is 1. The van der Waals surface area contributed by atoms with Crippen LogP contribution in [0.25, 0.3) is 33.5 Å². The van der Waals surface area contributed by atoms with Crippen LogP contribution in [0.2, 0.25) is 0 Å². The minimum absolute atomic E-state index is 0.222. The summed E-state index contributed by atoms with van der Waals surface area (Å²) in [4.78, 5) is 27.0. The number of nitrogens with one attached hydrogen (secondary N) is 2. The van der Waals surface area contributed by atoms with Crippen molar-refractivity contribution in [2.24, 2.45) is 0 Å². The first-order valence-corrected chi connectivity index (χ1v) is 12.1. The van der Waals surface area contributed by atoms with Crippen molar-refractivity contribution in [2.45, 2.75) is 32.9 Å². The number of aromatic nitrogens is 5. The summed E-state index contributed by atoms with van der Waals surface area (Å²) in [6.45, 7) is 10.2. The van der Waals surface area contributed by atoms with Crippen LogP contribution in [0.5, 0.6) is 5.75 Å². The van der Waals surface area contributed by atoms with E-state index < -0.39 is 11.6 Å². The van der Waals surface area contributed by atoms with Crippen LogP contribution >= 0.6 is 0 Å². The number of carbonyl (C=O) groups is 1. The standard InChI is InChI=1S/C25H31N7O4/c1-16-4-5-17-19(12-16)32(7-6-31-8-10-35-11-9-31)30-21(17)18-13-26-23-22(28-18)20(14-27-23)36-24(34)29-25(2,3)15-33/h4-5,12-14,33H,6-11,15H2,1-3H3,(H,26,27)(H,29,34). The van der Waals surface area contributed by atoms with Crippen LogP contribution in [0.3, 0.4) is 0 Å². The van der Waals surface area contributed by atoms with Crippen molar-refractivity contribution >= 4 is 28.2 Å². The van der Waals surface area contributed by atoms with Gasteiger partial charge in [-0.1, -0.05) is 12.1 Å². The van der Waals surface area contributed by atoms with Gasteiger partial charge < -0.3 is 24.9 Å². The Bertz CT molecular complexity index is 1390. The van der Waals surface area contributed by atoms with Gasteiger partial charge in [-0.2, -0.15) is 5.10 Å². The summed E-state index contributed by atoms with van der Waals surface area (Å²) in [5, 5.41) is 17.9. The van der Waals surface area contributed by atoms with Crippen LogP contribution in [0.4, 0.5) is 4.79 Å². The van der Waals surface area contributed by atoms with Crippen LogP contribution in [-0.4, -0.2) is 85.8 Å². The molecule has 3 N–H and O–H groups in total. The quantitative estimate of drug-likeness (QED) is 0.358. The van der Waals surface area contributed by atoms with Gasteiger partial charge in [-0.15, -0.1) is 0 Å². The second kappa shape index (κ2) is 9.84.